The number of anilines is 2. The summed E-state index contributed by atoms with van der Waals surface area (Å²) < 4.78 is 4.46. The van der Waals surface area contributed by atoms with Gasteiger partial charge in [-0.05, 0) is 0 Å². The number of hydrogen-bond donors (Lipinski definition) is 19. The zero-order valence-electron chi connectivity index (χ0n) is 25.3. The Hall–Kier alpha value is -6.14. The SMILES string of the molecule is COc1c(O)c(O)c(-n2nc(C(N)=O)c3c2C(=O)N(c2c(O)c(O)c(N4C(=O)CC(O)(O)C(O)(O)C4(O)O)c(O)c2O)C(O)(O)C3(O)O)c(O)c1O. The molecule has 0 spiro atoms. The first-order valence-electron chi connectivity index (χ1n) is 13.5. The number of amides is 3. The molecule has 282 valence electrons. The average Bonchev–Trinajstić information content (AvgIpc) is 3.43. The Balaban J connectivity index is 1.85. The molecule has 2 aliphatic heterocycles. The normalized spacial score (nSPS) is 19.8. The number of nitrogens with zero attached hydrogens (tertiary/aromatic N) is 4. The number of hydrogen-bond acceptors (Lipinski definition) is 23. The molecule has 0 saturated carbocycles. The summed E-state index contributed by atoms with van der Waals surface area (Å²) in [7, 11) is 0.831. The van der Waals surface area contributed by atoms with Crippen molar-refractivity contribution in [2.24, 2.45) is 5.73 Å². The number of rotatable bonds is 5. The number of piperidine rings is 1. The van der Waals surface area contributed by atoms with Crippen molar-refractivity contribution in [3.05, 3.63) is 17.0 Å². The number of nitrogens with two attached hydrogens (primary N) is 1. The highest BCUT2D eigenvalue weighted by molar-refractivity contribution is 6.14. The number of fused-ring (bicyclic) bond motifs is 1. The van der Waals surface area contributed by atoms with E-state index in [1.807, 2.05) is 0 Å². The summed E-state index contributed by atoms with van der Waals surface area (Å²) in [5.41, 5.74) is -4.94. The van der Waals surface area contributed by atoms with Gasteiger partial charge in [-0.2, -0.15) is 5.10 Å². The number of ether oxygens (including phenoxy) is 1. The smallest absolute Gasteiger partial charge is 0.316 e. The van der Waals surface area contributed by atoms with Crippen LogP contribution in [-0.4, -0.2) is 150 Å². The molecule has 3 aromatic rings. The molecular formula is C25H25N5O22. The van der Waals surface area contributed by atoms with E-state index in [4.69, 9.17) is 5.73 Å². The standard InChI is InChI=1S/C25H25N5O22/c1-52-18-16(38)14(36)9(15(37)17(18)39)30-6-4(5(27-30)19(26)40)22(44,45)24(48,49)29(20(6)41)8-12(34)10(32)7(11(33)13(8)35)28-3(31)2-21(42,43)23(46,47)25(28,50)51/h32-39,42-51H,2H2,1H3,(H2,26,40). The van der Waals surface area contributed by atoms with Crippen LogP contribution in [-0.2, 0) is 10.6 Å². The van der Waals surface area contributed by atoms with E-state index < -0.39 is 149 Å². The largest absolute Gasteiger partial charge is 0.503 e. The molecule has 5 rings (SSSR count). The van der Waals surface area contributed by atoms with E-state index in [1.165, 1.54) is 0 Å². The molecule has 3 heterocycles. The first-order valence-corrected chi connectivity index (χ1v) is 13.5. The molecule has 2 aromatic carbocycles. The van der Waals surface area contributed by atoms with E-state index in [2.05, 4.69) is 9.84 Å². The number of aromatic nitrogens is 2. The summed E-state index contributed by atoms with van der Waals surface area (Å²) in [6, 6.07) is 0. The van der Waals surface area contributed by atoms with E-state index in [1.54, 1.807) is 0 Å². The fraction of sp³-hybridized carbons (Fsp3) is 0.280. The van der Waals surface area contributed by atoms with Crippen LogP contribution < -0.4 is 20.3 Å². The summed E-state index contributed by atoms with van der Waals surface area (Å²) in [5.74, 6) is -44.2. The van der Waals surface area contributed by atoms with Gasteiger partial charge in [-0.3, -0.25) is 14.4 Å². The number of methoxy groups -OCH3 is 1. The topological polar surface area (TPSA) is 475 Å². The quantitative estimate of drug-likeness (QED) is 0.0654. The Kier molecular flexibility index (Phi) is 7.63. The summed E-state index contributed by atoms with van der Waals surface area (Å²) in [5, 5.41) is 194. The molecule has 2 aliphatic rings. The zero-order valence-corrected chi connectivity index (χ0v) is 25.3. The number of carbonyl (C=O) groups is 3. The minimum absolute atomic E-state index is 0.163. The third-order valence-corrected chi connectivity index (χ3v) is 8.17. The molecule has 0 bridgehead atoms. The maximum absolute atomic E-state index is 14.1. The number of benzene rings is 2. The van der Waals surface area contributed by atoms with E-state index in [0.29, 0.717) is 0 Å². The molecule has 52 heavy (non-hydrogen) atoms. The molecule has 1 aromatic heterocycles. The first kappa shape index (κ1) is 37.1. The minimum Gasteiger partial charge on any atom is -0.503 e. The molecular weight excluding hydrogens is 722 g/mol. The van der Waals surface area contributed by atoms with Crippen LogP contribution in [0.25, 0.3) is 5.69 Å². The number of phenolic OH excluding ortho intramolecular Hbond substituents is 8. The van der Waals surface area contributed by atoms with Crippen LogP contribution in [0.3, 0.4) is 0 Å². The zero-order chi connectivity index (χ0) is 39.7. The predicted molar refractivity (Wildman–Crippen MR) is 152 cm³/mol. The van der Waals surface area contributed by atoms with Crippen molar-refractivity contribution in [3.8, 4) is 57.4 Å². The molecule has 1 saturated heterocycles. The van der Waals surface area contributed by atoms with Gasteiger partial charge in [0.15, 0.2) is 45.9 Å². The molecule has 0 radical (unpaired) electrons. The average molecular weight is 747 g/mol. The fourth-order valence-electron chi connectivity index (χ4n) is 5.55. The number of aliphatic hydroxyl groups is 10. The molecule has 3 amide bonds. The lowest BCUT2D eigenvalue weighted by Gasteiger charge is -2.51. The highest BCUT2D eigenvalue weighted by atomic mass is 16.7. The second kappa shape index (κ2) is 10.7. The maximum Gasteiger partial charge on any atom is 0.316 e. The van der Waals surface area contributed by atoms with Gasteiger partial charge >= 0.3 is 11.8 Å². The minimum atomic E-state index is -4.74. The molecule has 27 nitrogen and oxygen atoms in total. The lowest BCUT2D eigenvalue weighted by Crippen LogP contribution is -2.79. The Morgan fingerprint density at radius 3 is 1.52 bits per heavy atom. The molecule has 0 aliphatic carbocycles. The van der Waals surface area contributed by atoms with E-state index in [9.17, 15) is 106 Å². The highest BCUT2D eigenvalue weighted by Crippen LogP contribution is 2.61. The van der Waals surface area contributed by atoms with Crippen molar-refractivity contribution in [3.63, 3.8) is 0 Å². The Morgan fingerprint density at radius 1 is 0.673 bits per heavy atom. The first-order chi connectivity index (χ1) is 23.6. The van der Waals surface area contributed by atoms with Crippen LogP contribution in [0.15, 0.2) is 0 Å². The van der Waals surface area contributed by atoms with Crippen molar-refractivity contribution in [1.29, 1.82) is 0 Å². The molecule has 0 unspecified atom stereocenters. The number of phenols is 8. The van der Waals surface area contributed by atoms with Gasteiger partial charge in [-0.15, -0.1) is 0 Å². The summed E-state index contributed by atoms with van der Waals surface area (Å²) >= 11 is 0. The van der Waals surface area contributed by atoms with Gasteiger partial charge in [0.25, 0.3) is 23.4 Å². The van der Waals surface area contributed by atoms with Crippen molar-refractivity contribution in [2.75, 3.05) is 16.9 Å². The Labute approximate surface area is 283 Å². The predicted octanol–water partition coefficient (Wildman–Crippen LogP) is -7.20. The number of primary amides is 1. The van der Waals surface area contributed by atoms with Gasteiger partial charge in [0.1, 0.15) is 17.1 Å². The fourth-order valence-corrected chi connectivity index (χ4v) is 5.55. The lowest BCUT2D eigenvalue weighted by atomic mass is 9.90. The second-order valence-corrected chi connectivity index (χ2v) is 11.2. The van der Waals surface area contributed by atoms with Crippen LogP contribution in [0.1, 0.15) is 33.0 Å². The van der Waals surface area contributed by atoms with Crippen LogP contribution in [0, 0.1) is 0 Å². The molecule has 20 N–H and O–H groups in total. The van der Waals surface area contributed by atoms with Crippen molar-refractivity contribution < 1.29 is 111 Å². The van der Waals surface area contributed by atoms with E-state index in [-0.39, 0.29) is 4.68 Å². The summed E-state index contributed by atoms with van der Waals surface area (Å²) in [4.78, 5) is 37.4. The number of aromatic hydroxyl groups is 8. The number of carbonyl (C=O) groups excluding carboxylic acids is 3. The van der Waals surface area contributed by atoms with Crippen LogP contribution in [0.5, 0.6) is 51.7 Å². The van der Waals surface area contributed by atoms with Crippen LogP contribution in [0.4, 0.5) is 11.4 Å². The van der Waals surface area contributed by atoms with Gasteiger partial charge < -0.3 is 102 Å². The van der Waals surface area contributed by atoms with Crippen LogP contribution in [0.2, 0.25) is 0 Å². The third kappa shape index (κ3) is 4.24. The summed E-state index contributed by atoms with van der Waals surface area (Å²) in [6.07, 6.45) is -1.88. The van der Waals surface area contributed by atoms with Crippen molar-refractivity contribution >= 4 is 29.1 Å². The van der Waals surface area contributed by atoms with Crippen LogP contribution >= 0.6 is 0 Å². The third-order valence-electron chi connectivity index (χ3n) is 8.17. The van der Waals surface area contributed by atoms with Gasteiger partial charge in [0.2, 0.25) is 28.9 Å². The van der Waals surface area contributed by atoms with E-state index >= 15 is 0 Å². The Morgan fingerprint density at radius 2 is 1.10 bits per heavy atom. The van der Waals surface area contributed by atoms with Gasteiger partial charge in [-0.1, -0.05) is 0 Å². The van der Waals surface area contributed by atoms with E-state index in [0.717, 1.165) is 7.11 Å². The van der Waals surface area contributed by atoms with Gasteiger partial charge in [0.05, 0.1) is 19.1 Å². The molecule has 1 fully saturated rings. The monoisotopic (exact) mass is 747 g/mol. The summed E-state index contributed by atoms with van der Waals surface area (Å²) in [6.45, 7) is 0. The maximum atomic E-state index is 14.1. The Bertz CT molecular complexity index is 2060. The highest BCUT2D eigenvalue weighted by Gasteiger charge is 2.71. The molecule has 27 heteroatoms. The second-order valence-electron chi connectivity index (χ2n) is 11.2. The van der Waals surface area contributed by atoms with Gasteiger partial charge in [0, 0.05) is 0 Å². The van der Waals surface area contributed by atoms with Gasteiger partial charge in [-0.25, -0.2) is 14.5 Å². The lowest BCUT2D eigenvalue weighted by molar-refractivity contribution is -0.455. The van der Waals surface area contributed by atoms with Crippen molar-refractivity contribution in [1.82, 2.24) is 9.78 Å². The van der Waals surface area contributed by atoms with Crippen molar-refractivity contribution in [2.45, 2.75) is 35.6 Å². The molecule has 0 atom stereocenters.